The van der Waals surface area contributed by atoms with Gasteiger partial charge in [-0.25, -0.2) is 9.78 Å². The predicted molar refractivity (Wildman–Crippen MR) is 190 cm³/mol. The molecule has 0 fully saturated rings. The first-order valence-corrected chi connectivity index (χ1v) is 17.2. The standard InChI is InChI=1S/C41H43NO7/c43-41(44)31-16-13-17-32(28-31)49-29-30-26-37-40-34-19-14-18-33(42-34)39-35(45-22-9-5-1-3-7-11-24-47-37)20-15-21-36(39)46-23-10-6-2-4-8-12-25-48-38(40)27-30/h1-4,13-21,26-28H,5-12,22-25,29H2,(H,43,44)/b3-1-,4-2-. The van der Waals surface area contributed by atoms with Crippen molar-refractivity contribution in [2.75, 3.05) is 26.4 Å². The summed E-state index contributed by atoms with van der Waals surface area (Å²) in [6, 6.07) is 22.3. The molecule has 4 aromatic rings. The molecule has 2 aliphatic rings. The topological polar surface area (TPSA) is 96.3 Å². The summed E-state index contributed by atoms with van der Waals surface area (Å²) in [4.78, 5) is 16.7. The van der Waals surface area contributed by atoms with Crippen LogP contribution in [0.3, 0.4) is 0 Å². The highest BCUT2D eigenvalue weighted by Crippen LogP contribution is 2.43. The van der Waals surface area contributed by atoms with Crippen LogP contribution >= 0.6 is 0 Å². The minimum atomic E-state index is -1.00. The van der Waals surface area contributed by atoms with Crippen molar-refractivity contribution in [1.82, 2.24) is 4.98 Å². The molecule has 3 aromatic carbocycles. The number of pyridine rings is 1. The molecule has 3 heterocycles. The summed E-state index contributed by atoms with van der Waals surface area (Å²) in [7, 11) is 0. The Balaban J connectivity index is 1.45. The maximum atomic E-state index is 11.5. The Bertz CT molecular complexity index is 1710. The first kappa shape index (κ1) is 33.7. The lowest BCUT2D eigenvalue weighted by Crippen LogP contribution is -2.06. The lowest BCUT2D eigenvalue weighted by molar-refractivity contribution is 0.0696. The number of hydrogen-bond donors (Lipinski definition) is 1. The van der Waals surface area contributed by atoms with Crippen LogP contribution < -0.4 is 23.7 Å². The Kier molecular flexibility index (Phi) is 11.8. The van der Waals surface area contributed by atoms with Crippen molar-refractivity contribution in [1.29, 1.82) is 0 Å². The first-order valence-electron chi connectivity index (χ1n) is 17.2. The van der Waals surface area contributed by atoms with Crippen molar-refractivity contribution in [2.45, 2.75) is 58.0 Å². The summed E-state index contributed by atoms with van der Waals surface area (Å²) in [5.41, 5.74) is 4.02. The van der Waals surface area contributed by atoms with Crippen LogP contribution in [0.5, 0.6) is 28.7 Å². The molecule has 2 aliphatic heterocycles. The highest BCUT2D eigenvalue weighted by atomic mass is 16.5. The number of carboxylic acids is 1. The van der Waals surface area contributed by atoms with E-state index >= 15 is 0 Å². The van der Waals surface area contributed by atoms with Gasteiger partial charge >= 0.3 is 5.97 Å². The number of carboxylic acid groups (broad SMARTS) is 1. The van der Waals surface area contributed by atoms with E-state index in [1.165, 1.54) is 6.07 Å². The minimum Gasteiger partial charge on any atom is -0.493 e. The number of carbonyl (C=O) groups is 1. The van der Waals surface area contributed by atoms with E-state index in [-0.39, 0.29) is 12.2 Å². The first-order chi connectivity index (χ1) is 24.2. The summed E-state index contributed by atoms with van der Waals surface area (Å²) >= 11 is 0. The average molecular weight is 662 g/mol. The molecular weight excluding hydrogens is 618 g/mol. The zero-order valence-electron chi connectivity index (χ0n) is 27.8. The third-order valence-electron chi connectivity index (χ3n) is 8.29. The van der Waals surface area contributed by atoms with Crippen LogP contribution in [0.4, 0.5) is 0 Å². The van der Waals surface area contributed by atoms with Crippen LogP contribution in [0, 0.1) is 0 Å². The van der Waals surface area contributed by atoms with Gasteiger partial charge in [-0.3, -0.25) is 0 Å². The van der Waals surface area contributed by atoms with Gasteiger partial charge in [-0.05, 0) is 112 Å². The Morgan fingerprint density at radius 1 is 0.612 bits per heavy atom. The monoisotopic (exact) mass is 661 g/mol. The van der Waals surface area contributed by atoms with Crippen molar-refractivity contribution < 1.29 is 33.6 Å². The van der Waals surface area contributed by atoms with E-state index in [2.05, 4.69) is 24.3 Å². The van der Waals surface area contributed by atoms with Gasteiger partial charge in [0.15, 0.2) is 0 Å². The highest BCUT2D eigenvalue weighted by molar-refractivity contribution is 5.88. The fraction of sp³-hybridized carbons (Fsp3) is 0.317. The minimum absolute atomic E-state index is 0.168. The maximum absolute atomic E-state index is 11.5. The molecule has 6 rings (SSSR count). The lowest BCUT2D eigenvalue weighted by atomic mass is 10.0. The largest absolute Gasteiger partial charge is 0.493 e. The van der Waals surface area contributed by atoms with Crippen LogP contribution in [0.1, 0.15) is 67.3 Å². The van der Waals surface area contributed by atoms with Gasteiger partial charge in [-0.15, -0.1) is 0 Å². The summed E-state index contributed by atoms with van der Waals surface area (Å²) in [6.45, 7) is 2.38. The molecule has 4 bridgehead atoms. The Labute approximate surface area is 288 Å². The maximum Gasteiger partial charge on any atom is 0.335 e. The Hall–Kier alpha value is -5.24. The highest BCUT2D eigenvalue weighted by Gasteiger charge is 2.21. The van der Waals surface area contributed by atoms with E-state index in [0.717, 1.165) is 85.2 Å². The zero-order chi connectivity index (χ0) is 33.7. The van der Waals surface area contributed by atoms with Crippen LogP contribution in [-0.4, -0.2) is 42.5 Å². The molecule has 0 unspecified atom stereocenters. The number of rotatable bonds is 4. The predicted octanol–water partition coefficient (Wildman–Crippen LogP) is 9.47. The molecule has 254 valence electrons. The van der Waals surface area contributed by atoms with Crippen molar-refractivity contribution in [3.63, 3.8) is 0 Å². The van der Waals surface area contributed by atoms with E-state index in [0.29, 0.717) is 49.4 Å². The van der Waals surface area contributed by atoms with Crippen LogP contribution in [0.25, 0.3) is 22.5 Å². The summed E-state index contributed by atoms with van der Waals surface area (Å²) < 4.78 is 31.9. The molecule has 8 nitrogen and oxygen atoms in total. The number of aromatic carboxylic acids is 1. The smallest absolute Gasteiger partial charge is 0.335 e. The lowest BCUT2D eigenvalue weighted by Gasteiger charge is -2.20. The third kappa shape index (κ3) is 9.22. The second kappa shape index (κ2) is 17.2. The SMILES string of the molecule is O=C(O)c1cccc(OCc2cc3c4c(c2)OCCC/C=C\CCCOc2cccc(c2-c2cccc-4n2)OCCC/C=C\CCCO3)c1. The van der Waals surface area contributed by atoms with Crippen molar-refractivity contribution >= 4 is 5.97 Å². The fourth-order valence-corrected chi connectivity index (χ4v) is 5.82. The van der Waals surface area contributed by atoms with E-state index in [9.17, 15) is 9.90 Å². The molecule has 0 radical (unpaired) electrons. The summed E-state index contributed by atoms with van der Waals surface area (Å²) in [6.07, 6.45) is 16.0. The summed E-state index contributed by atoms with van der Waals surface area (Å²) in [5, 5.41) is 9.45. The van der Waals surface area contributed by atoms with Crippen molar-refractivity contribution in [2.24, 2.45) is 0 Å². The van der Waals surface area contributed by atoms with Crippen LogP contribution in [0.15, 0.2) is 97.1 Å². The number of hydrogen-bond acceptors (Lipinski definition) is 7. The van der Waals surface area contributed by atoms with Crippen molar-refractivity contribution in [3.8, 4) is 51.3 Å². The Morgan fingerprint density at radius 3 is 1.61 bits per heavy atom. The van der Waals surface area contributed by atoms with E-state index in [1.807, 2.05) is 48.5 Å². The Morgan fingerprint density at radius 2 is 1.08 bits per heavy atom. The number of aromatic nitrogens is 1. The molecule has 0 saturated heterocycles. The van der Waals surface area contributed by atoms with Gasteiger partial charge in [0.25, 0.3) is 0 Å². The molecule has 0 atom stereocenters. The molecule has 0 amide bonds. The second-order valence-corrected chi connectivity index (χ2v) is 12.0. The number of allylic oxidation sites excluding steroid dienone is 4. The molecule has 0 saturated carbocycles. The van der Waals surface area contributed by atoms with E-state index in [4.69, 9.17) is 28.7 Å². The van der Waals surface area contributed by atoms with Gasteiger partial charge in [-0.1, -0.05) is 42.5 Å². The van der Waals surface area contributed by atoms with Crippen LogP contribution in [-0.2, 0) is 6.61 Å². The zero-order valence-corrected chi connectivity index (χ0v) is 27.8. The number of ether oxygens (including phenoxy) is 5. The molecule has 1 aromatic heterocycles. The molecule has 8 heteroatoms. The average Bonchev–Trinajstić information content (AvgIpc) is 3.12. The van der Waals surface area contributed by atoms with Gasteiger partial charge in [0.1, 0.15) is 35.4 Å². The van der Waals surface area contributed by atoms with E-state index < -0.39 is 5.97 Å². The second-order valence-electron chi connectivity index (χ2n) is 12.0. The van der Waals surface area contributed by atoms with Gasteiger partial charge < -0.3 is 28.8 Å². The van der Waals surface area contributed by atoms with Crippen LogP contribution in [0.2, 0.25) is 0 Å². The fourth-order valence-electron chi connectivity index (χ4n) is 5.82. The summed E-state index contributed by atoms with van der Waals surface area (Å²) in [5.74, 6) is 2.23. The molecule has 0 aliphatic carbocycles. The molecule has 1 N–H and O–H groups in total. The normalized spacial score (nSPS) is 16.8. The van der Waals surface area contributed by atoms with Gasteiger partial charge in [0.2, 0.25) is 0 Å². The molecule has 0 spiro atoms. The quantitative estimate of drug-likeness (QED) is 0.216. The number of benzene rings is 3. The van der Waals surface area contributed by atoms with Gasteiger partial charge in [0.05, 0.1) is 54.5 Å². The van der Waals surface area contributed by atoms with Gasteiger partial charge in [0, 0.05) is 0 Å². The van der Waals surface area contributed by atoms with Crippen molar-refractivity contribution in [3.05, 3.63) is 108 Å². The molecular formula is C41H43NO7. The molecule has 49 heavy (non-hydrogen) atoms. The third-order valence-corrected chi connectivity index (χ3v) is 8.29. The van der Waals surface area contributed by atoms with Gasteiger partial charge in [-0.2, -0.15) is 0 Å². The number of nitrogens with zero attached hydrogens (tertiary/aromatic N) is 1. The van der Waals surface area contributed by atoms with E-state index in [1.54, 1.807) is 18.2 Å².